The minimum Gasteiger partial charge on any atom is -0.371 e. The molecule has 0 spiro atoms. The van der Waals surface area contributed by atoms with E-state index in [0.717, 1.165) is 76.9 Å². The number of hydrogen-bond donors (Lipinski definition) is 2. The SMILES string of the molecule is CCCCCCC(=O)Nc1ccc(N2CCCCC2)c(C(=O)NCCN(CC)CC)c1. The summed E-state index contributed by atoms with van der Waals surface area (Å²) in [5.74, 6) is -0.0403. The van der Waals surface area contributed by atoms with Crippen molar-refractivity contribution in [2.45, 2.75) is 72.1 Å². The summed E-state index contributed by atoms with van der Waals surface area (Å²) in [5.41, 5.74) is 2.33. The maximum absolute atomic E-state index is 13.1. The molecule has 6 heteroatoms. The highest BCUT2D eigenvalue weighted by atomic mass is 16.2. The topological polar surface area (TPSA) is 64.7 Å². The van der Waals surface area contributed by atoms with Crippen LogP contribution in [-0.2, 0) is 4.79 Å². The van der Waals surface area contributed by atoms with Crippen molar-refractivity contribution in [3.05, 3.63) is 23.8 Å². The number of anilines is 2. The van der Waals surface area contributed by atoms with E-state index in [2.05, 4.69) is 41.2 Å². The molecule has 0 radical (unpaired) electrons. The molecule has 1 aliphatic rings. The quantitative estimate of drug-likeness (QED) is 0.447. The Hall–Kier alpha value is -2.08. The molecule has 174 valence electrons. The van der Waals surface area contributed by atoms with E-state index < -0.39 is 0 Å². The van der Waals surface area contributed by atoms with E-state index in [1.807, 2.05) is 18.2 Å². The molecule has 2 rings (SSSR count). The van der Waals surface area contributed by atoms with Crippen LogP contribution in [0, 0.1) is 0 Å². The van der Waals surface area contributed by atoms with E-state index in [1.54, 1.807) is 0 Å². The van der Waals surface area contributed by atoms with Crippen molar-refractivity contribution >= 4 is 23.2 Å². The molecular formula is C25H42N4O2. The fourth-order valence-corrected chi connectivity index (χ4v) is 4.10. The summed E-state index contributed by atoms with van der Waals surface area (Å²) in [6, 6.07) is 5.78. The van der Waals surface area contributed by atoms with Crippen LogP contribution in [0.5, 0.6) is 0 Å². The number of carbonyl (C=O) groups is 2. The lowest BCUT2D eigenvalue weighted by atomic mass is 10.1. The predicted molar refractivity (Wildman–Crippen MR) is 130 cm³/mol. The Morgan fingerprint density at radius 3 is 2.42 bits per heavy atom. The molecule has 2 amide bonds. The molecule has 1 heterocycles. The largest absolute Gasteiger partial charge is 0.371 e. The highest BCUT2D eigenvalue weighted by Gasteiger charge is 2.19. The standard InChI is InChI=1S/C25H42N4O2/c1-4-7-8-10-13-24(30)27-21-14-15-23(29-17-11-9-12-18-29)22(20-21)25(31)26-16-19-28(5-2)6-3/h14-15,20H,4-13,16-19H2,1-3H3,(H,26,31)(H,27,30). The highest BCUT2D eigenvalue weighted by Crippen LogP contribution is 2.27. The third-order valence-corrected chi connectivity index (χ3v) is 6.09. The maximum atomic E-state index is 13.1. The molecule has 0 aliphatic carbocycles. The summed E-state index contributed by atoms with van der Waals surface area (Å²) in [7, 11) is 0. The van der Waals surface area contributed by atoms with Crippen LogP contribution < -0.4 is 15.5 Å². The molecule has 1 saturated heterocycles. The first-order chi connectivity index (χ1) is 15.1. The van der Waals surface area contributed by atoms with Gasteiger partial charge in [0, 0.05) is 44.0 Å². The van der Waals surface area contributed by atoms with Crippen LogP contribution in [0.4, 0.5) is 11.4 Å². The van der Waals surface area contributed by atoms with Crippen LogP contribution >= 0.6 is 0 Å². The molecule has 2 N–H and O–H groups in total. The van der Waals surface area contributed by atoms with Crippen molar-refractivity contribution in [1.29, 1.82) is 0 Å². The van der Waals surface area contributed by atoms with Crippen LogP contribution in [0.2, 0.25) is 0 Å². The van der Waals surface area contributed by atoms with Gasteiger partial charge in [0.2, 0.25) is 5.91 Å². The number of benzene rings is 1. The predicted octanol–water partition coefficient (Wildman–Crippen LogP) is 4.66. The number of amides is 2. The first kappa shape index (κ1) is 25.2. The lowest BCUT2D eigenvalue weighted by molar-refractivity contribution is -0.116. The van der Waals surface area contributed by atoms with Crippen molar-refractivity contribution in [2.75, 3.05) is 49.5 Å². The average molecular weight is 431 g/mol. The second-order valence-electron chi connectivity index (χ2n) is 8.42. The summed E-state index contributed by atoms with van der Waals surface area (Å²) < 4.78 is 0. The number of rotatable bonds is 13. The Bertz CT molecular complexity index is 682. The second kappa shape index (κ2) is 14.1. The van der Waals surface area contributed by atoms with Gasteiger partial charge in [-0.2, -0.15) is 0 Å². The molecule has 1 aliphatic heterocycles. The Labute approximate surface area is 188 Å². The average Bonchev–Trinajstić information content (AvgIpc) is 2.80. The zero-order valence-electron chi connectivity index (χ0n) is 19.8. The molecule has 0 unspecified atom stereocenters. The van der Waals surface area contributed by atoms with Gasteiger partial charge in [-0.3, -0.25) is 9.59 Å². The van der Waals surface area contributed by atoms with Crippen LogP contribution in [0.15, 0.2) is 18.2 Å². The van der Waals surface area contributed by atoms with Gasteiger partial charge in [-0.15, -0.1) is 0 Å². The zero-order chi connectivity index (χ0) is 22.5. The fourth-order valence-electron chi connectivity index (χ4n) is 4.10. The monoisotopic (exact) mass is 430 g/mol. The van der Waals surface area contributed by atoms with Gasteiger partial charge in [0.15, 0.2) is 0 Å². The molecule has 31 heavy (non-hydrogen) atoms. The molecule has 1 aromatic rings. The lowest BCUT2D eigenvalue weighted by Crippen LogP contribution is -2.36. The fraction of sp³-hybridized carbons (Fsp3) is 0.680. The van der Waals surface area contributed by atoms with Crippen molar-refractivity contribution in [3.63, 3.8) is 0 Å². The lowest BCUT2D eigenvalue weighted by Gasteiger charge is -2.30. The maximum Gasteiger partial charge on any atom is 0.253 e. The van der Waals surface area contributed by atoms with E-state index in [1.165, 1.54) is 6.42 Å². The number of hydrogen-bond acceptors (Lipinski definition) is 4. The van der Waals surface area contributed by atoms with Gasteiger partial charge in [0.05, 0.1) is 5.56 Å². The summed E-state index contributed by atoms with van der Waals surface area (Å²) in [4.78, 5) is 30.0. The molecule has 0 atom stereocenters. The summed E-state index contributed by atoms with van der Waals surface area (Å²) in [5, 5.41) is 6.08. The van der Waals surface area contributed by atoms with Gasteiger partial charge in [-0.1, -0.05) is 40.0 Å². The highest BCUT2D eigenvalue weighted by molar-refractivity contribution is 6.02. The Morgan fingerprint density at radius 2 is 1.74 bits per heavy atom. The van der Waals surface area contributed by atoms with E-state index in [0.29, 0.717) is 24.2 Å². The van der Waals surface area contributed by atoms with Crippen LogP contribution in [0.3, 0.4) is 0 Å². The van der Waals surface area contributed by atoms with Gasteiger partial charge in [-0.25, -0.2) is 0 Å². The Balaban J connectivity index is 2.08. The summed E-state index contributed by atoms with van der Waals surface area (Å²) in [6.45, 7) is 11.8. The van der Waals surface area contributed by atoms with E-state index in [4.69, 9.17) is 0 Å². The first-order valence-corrected chi connectivity index (χ1v) is 12.3. The smallest absolute Gasteiger partial charge is 0.253 e. The number of piperidine rings is 1. The number of nitrogens with one attached hydrogen (secondary N) is 2. The Kier molecular flexibility index (Phi) is 11.4. The number of likely N-dealkylation sites (N-methyl/N-ethyl adjacent to an activating group) is 1. The van der Waals surface area contributed by atoms with Crippen molar-refractivity contribution < 1.29 is 9.59 Å². The van der Waals surface area contributed by atoms with E-state index in [-0.39, 0.29) is 11.8 Å². The van der Waals surface area contributed by atoms with Gasteiger partial charge in [-0.05, 0) is 57.0 Å². The molecule has 1 aromatic carbocycles. The Morgan fingerprint density at radius 1 is 1.00 bits per heavy atom. The van der Waals surface area contributed by atoms with Crippen LogP contribution in [-0.4, -0.2) is 56.0 Å². The van der Waals surface area contributed by atoms with E-state index >= 15 is 0 Å². The summed E-state index contributed by atoms with van der Waals surface area (Å²) in [6.07, 6.45) is 8.38. The molecular weight excluding hydrogens is 388 g/mol. The van der Waals surface area contributed by atoms with Crippen molar-refractivity contribution in [1.82, 2.24) is 10.2 Å². The van der Waals surface area contributed by atoms with Gasteiger partial charge in [0.25, 0.3) is 5.91 Å². The normalized spacial score (nSPS) is 14.0. The molecule has 1 fully saturated rings. The van der Waals surface area contributed by atoms with Gasteiger partial charge in [0.1, 0.15) is 0 Å². The zero-order valence-corrected chi connectivity index (χ0v) is 19.8. The minimum absolute atomic E-state index is 0.0229. The first-order valence-electron chi connectivity index (χ1n) is 12.3. The molecule has 0 aromatic heterocycles. The van der Waals surface area contributed by atoms with E-state index in [9.17, 15) is 9.59 Å². The van der Waals surface area contributed by atoms with Crippen molar-refractivity contribution in [2.24, 2.45) is 0 Å². The van der Waals surface area contributed by atoms with Crippen LogP contribution in [0.1, 0.15) is 82.5 Å². The summed E-state index contributed by atoms with van der Waals surface area (Å²) >= 11 is 0. The third kappa shape index (κ3) is 8.52. The number of carbonyl (C=O) groups excluding carboxylic acids is 2. The number of unbranched alkanes of at least 4 members (excludes halogenated alkanes) is 3. The van der Waals surface area contributed by atoms with Gasteiger partial charge >= 0.3 is 0 Å². The van der Waals surface area contributed by atoms with Crippen molar-refractivity contribution in [3.8, 4) is 0 Å². The van der Waals surface area contributed by atoms with Gasteiger partial charge < -0.3 is 20.4 Å². The molecule has 0 bridgehead atoms. The number of nitrogens with zero attached hydrogens (tertiary/aromatic N) is 2. The second-order valence-corrected chi connectivity index (χ2v) is 8.42. The third-order valence-electron chi connectivity index (χ3n) is 6.09. The minimum atomic E-state index is -0.0632. The molecule has 6 nitrogen and oxygen atoms in total. The molecule has 0 saturated carbocycles. The van der Waals surface area contributed by atoms with Crippen LogP contribution in [0.25, 0.3) is 0 Å².